The van der Waals surface area contributed by atoms with Crippen LogP contribution in [0.15, 0.2) is 24.3 Å². The van der Waals surface area contributed by atoms with E-state index in [1.54, 1.807) is 29.2 Å². The SMILES string of the molecule is C[C@@]1(NC(=O)C2CCN(C(=O)c3ccc(Cl)cc3)CC2)CCOC2(CCNCC2)[C@H]1O.Cl. The number of hydrogen-bond donors (Lipinski definition) is 3. The summed E-state index contributed by atoms with van der Waals surface area (Å²) in [5.74, 6) is -0.230. The predicted molar refractivity (Wildman–Crippen MR) is 125 cm³/mol. The maximum atomic E-state index is 13.1. The second kappa shape index (κ2) is 10.3. The lowest BCUT2D eigenvalue weighted by atomic mass is 9.73. The molecule has 0 aliphatic carbocycles. The zero-order valence-electron chi connectivity index (χ0n) is 18.4. The Labute approximate surface area is 200 Å². The minimum atomic E-state index is -0.744. The number of aliphatic hydroxyl groups is 1. The van der Waals surface area contributed by atoms with Gasteiger partial charge in [-0.3, -0.25) is 9.59 Å². The van der Waals surface area contributed by atoms with Crippen LogP contribution in [0.25, 0.3) is 0 Å². The maximum absolute atomic E-state index is 13.1. The van der Waals surface area contributed by atoms with E-state index in [0.717, 1.165) is 25.9 Å². The van der Waals surface area contributed by atoms with E-state index in [9.17, 15) is 14.7 Å². The first kappa shape index (κ1) is 25.2. The second-order valence-corrected chi connectivity index (χ2v) is 9.73. The summed E-state index contributed by atoms with van der Waals surface area (Å²) >= 11 is 5.91. The minimum Gasteiger partial charge on any atom is -0.388 e. The number of rotatable bonds is 3. The quantitative estimate of drug-likeness (QED) is 0.611. The molecule has 1 aromatic rings. The first-order valence-corrected chi connectivity index (χ1v) is 11.6. The molecule has 3 heterocycles. The van der Waals surface area contributed by atoms with E-state index < -0.39 is 17.2 Å². The Kier molecular flexibility index (Phi) is 8.10. The number of amides is 2. The van der Waals surface area contributed by atoms with Gasteiger partial charge in [0.2, 0.25) is 5.91 Å². The van der Waals surface area contributed by atoms with E-state index in [-0.39, 0.29) is 30.1 Å². The molecule has 3 aliphatic heterocycles. The maximum Gasteiger partial charge on any atom is 0.253 e. The molecule has 9 heteroatoms. The lowest BCUT2D eigenvalue weighted by Gasteiger charge is -2.52. The second-order valence-electron chi connectivity index (χ2n) is 9.30. The molecular formula is C23H33Cl2N3O4. The van der Waals surface area contributed by atoms with Crippen LogP contribution in [0, 0.1) is 5.92 Å². The summed E-state index contributed by atoms with van der Waals surface area (Å²) in [5, 5.41) is 18.2. The lowest BCUT2D eigenvalue weighted by molar-refractivity contribution is -0.200. The van der Waals surface area contributed by atoms with Crippen molar-refractivity contribution in [2.45, 2.75) is 56.3 Å². The highest BCUT2D eigenvalue weighted by atomic mass is 35.5. The van der Waals surface area contributed by atoms with Crippen molar-refractivity contribution >= 4 is 35.8 Å². The van der Waals surface area contributed by atoms with Gasteiger partial charge in [0.1, 0.15) is 6.10 Å². The van der Waals surface area contributed by atoms with Gasteiger partial charge in [0, 0.05) is 36.2 Å². The molecule has 2 atom stereocenters. The van der Waals surface area contributed by atoms with Crippen LogP contribution in [0.2, 0.25) is 5.02 Å². The standard InChI is InChI=1S/C23H32ClN3O4.ClH/c1-22(10-15-31-23(21(22)30)8-11-25-12-9-23)26-19(28)16-6-13-27(14-7-16)20(29)17-2-4-18(24)5-3-17;/h2-5,16,21,25,30H,6-15H2,1H3,(H,26,28);1H/t21-,22+;/m0./s1. The Hall–Kier alpha value is -1.38. The molecule has 7 nitrogen and oxygen atoms in total. The highest BCUT2D eigenvalue weighted by Crippen LogP contribution is 2.39. The van der Waals surface area contributed by atoms with E-state index in [4.69, 9.17) is 16.3 Å². The van der Waals surface area contributed by atoms with Crippen molar-refractivity contribution in [3.8, 4) is 0 Å². The number of benzene rings is 1. The van der Waals surface area contributed by atoms with E-state index in [1.165, 1.54) is 0 Å². The molecule has 0 radical (unpaired) electrons. The van der Waals surface area contributed by atoms with Gasteiger partial charge in [-0.25, -0.2) is 0 Å². The number of nitrogens with zero attached hydrogens (tertiary/aromatic N) is 1. The highest BCUT2D eigenvalue weighted by molar-refractivity contribution is 6.30. The fourth-order valence-corrected chi connectivity index (χ4v) is 5.29. The van der Waals surface area contributed by atoms with Crippen LogP contribution in [0.3, 0.4) is 0 Å². The molecule has 1 spiro atoms. The molecule has 3 fully saturated rings. The molecule has 3 N–H and O–H groups in total. The van der Waals surface area contributed by atoms with Crippen LogP contribution < -0.4 is 10.6 Å². The Morgan fingerprint density at radius 2 is 1.78 bits per heavy atom. The summed E-state index contributed by atoms with van der Waals surface area (Å²) in [6.07, 6.45) is 2.55. The van der Waals surface area contributed by atoms with Gasteiger partial charge in [-0.1, -0.05) is 11.6 Å². The third-order valence-electron chi connectivity index (χ3n) is 7.22. The normalized spacial score (nSPS) is 28.1. The Bertz CT molecular complexity index is 802. The van der Waals surface area contributed by atoms with Crippen LogP contribution in [-0.2, 0) is 9.53 Å². The van der Waals surface area contributed by atoms with Crippen molar-refractivity contribution in [3.05, 3.63) is 34.9 Å². The summed E-state index contributed by atoms with van der Waals surface area (Å²) in [7, 11) is 0. The lowest BCUT2D eigenvalue weighted by Crippen LogP contribution is -2.69. The van der Waals surface area contributed by atoms with Crippen LogP contribution in [-0.4, -0.2) is 71.9 Å². The number of likely N-dealkylation sites (tertiary alicyclic amines) is 1. The number of ether oxygens (including phenoxy) is 1. The number of carbonyl (C=O) groups is 2. The first-order valence-electron chi connectivity index (χ1n) is 11.2. The van der Waals surface area contributed by atoms with Gasteiger partial charge < -0.3 is 25.4 Å². The monoisotopic (exact) mass is 485 g/mol. The number of piperidine rings is 2. The van der Waals surface area contributed by atoms with Crippen LogP contribution >= 0.6 is 24.0 Å². The molecular weight excluding hydrogens is 453 g/mol. The van der Waals surface area contributed by atoms with Gasteiger partial charge in [-0.2, -0.15) is 0 Å². The molecule has 0 unspecified atom stereocenters. The van der Waals surface area contributed by atoms with Crippen molar-refractivity contribution in [2.24, 2.45) is 5.92 Å². The van der Waals surface area contributed by atoms with Crippen molar-refractivity contribution in [2.75, 3.05) is 32.8 Å². The van der Waals surface area contributed by atoms with Gasteiger partial charge in [0.25, 0.3) is 5.91 Å². The van der Waals surface area contributed by atoms with Crippen molar-refractivity contribution in [1.82, 2.24) is 15.5 Å². The molecule has 4 rings (SSSR count). The smallest absolute Gasteiger partial charge is 0.253 e. The molecule has 3 saturated heterocycles. The Balaban J connectivity index is 0.00000289. The number of hydrogen-bond acceptors (Lipinski definition) is 5. The van der Waals surface area contributed by atoms with E-state index in [2.05, 4.69) is 10.6 Å². The van der Waals surface area contributed by atoms with Crippen molar-refractivity contribution in [3.63, 3.8) is 0 Å². The van der Waals surface area contributed by atoms with E-state index in [1.807, 2.05) is 6.92 Å². The Morgan fingerprint density at radius 1 is 1.16 bits per heavy atom. The topological polar surface area (TPSA) is 90.9 Å². The number of nitrogens with one attached hydrogen (secondary N) is 2. The third kappa shape index (κ3) is 5.07. The van der Waals surface area contributed by atoms with E-state index >= 15 is 0 Å². The molecule has 32 heavy (non-hydrogen) atoms. The summed E-state index contributed by atoms with van der Waals surface area (Å²) < 4.78 is 6.04. The first-order chi connectivity index (χ1) is 14.8. The third-order valence-corrected chi connectivity index (χ3v) is 7.47. The molecule has 1 aromatic carbocycles. The predicted octanol–water partition coefficient (Wildman–Crippen LogP) is 2.39. The molecule has 178 valence electrons. The van der Waals surface area contributed by atoms with Gasteiger partial charge in [0.05, 0.1) is 11.1 Å². The zero-order valence-corrected chi connectivity index (χ0v) is 20.0. The number of aliphatic hydroxyl groups excluding tert-OH is 1. The summed E-state index contributed by atoms with van der Waals surface area (Å²) in [4.78, 5) is 27.6. The van der Waals surface area contributed by atoms with Crippen LogP contribution in [0.4, 0.5) is 0 Å². The average molecular weight is 486 g/mol. The number of carbonyl (C=O) groups excluding carboxylic acids is 2. The van der Waals surface area contributed by atoms with Gasteiger partial charge in [0.15, 0.2) is 0 Å². The molecule has 0 saturated carbocycles. The summed E-state index contributed by atoms with van der Waals surface area (Å²) in [5.41, 5.74) is -0.680. The fraction of sp³-hybridized carbons (Fsp3) is 0.652. The largest absolute Gasteiger partial charge is 0.388 e. The molecule has 0 aromatic heterocycles. The van der Waals surface area contributed by atoms with Crippen LogP contribution in [0.1, 0.15) is 49.4 Å². The summed E-state index contributed by atoms with van der Waals surface area (Å²) in [6, 6.07) is 6.88. The van der Waals surface area contributed by atoms with E-state index in [0.29, 0.717) is 49.5 Å². The van der Waals surface area contributed by atoms with Crippen LogP contribution in [0.5, 0.6) is 0 Å². The minimum absolute atomic E-state index is 0. The number of halogens is 2. The summed E-state index contributed by atoms with van der Waals surface area (Å²) in [6.45, 7) is 5.15. The molecule has 3 aliphatic rings. The molecule has 0 bridgehead atoms. The fourth-order valence-electron chi connectivity index (χ4n) is 5.16. The average Bonchev–Trinajstić information content (AvgIpc) is 2.78. The van der Waals surface area contributed by atoms with Gasteiger partial charge in [-0.05, 0) is 76.4 Å². The molecule has 2 amide bonds. The Morgan fingerprint density at radius 3 is 2.41 bits per heavy atom. The van der Waals surface area contributed by atoms with Gasteiger partial charge in [-0.15, -0.1) is 12.4 Å². The van der Waals surface area contributed by atoms with Gasteiger partial charge >= 0.3 is 0 Å². The van der Waals surface area contributed by atoms with Crippen molar-refractivity contribution in [1.29, 1.82) is 0 Å². The zero-order chi connectivity index (χ0) is 22.1. The highest BCUT2D eigenvalue weighted by Gasteiger charge is 2.53. The van der Waals surface area contributed by atoms with Crippen molar-refractivity contribution < 1.29 is 19.4 Å².